The Hall–Kier alpha value is -3.19. The van der Waals surface area contributed by atoms with Crippen LogP contribution in [0.1, 0.15) is 11.4 Å². The number of nitrogens with one attached hydrogen (secondary N) is 1. The van der Waals surface area contributed by atoms with Gasteiger partial charge in [0.25, 0.3) is 0 Å². The van der Waals surface area contributed by atoms with E-state index in [9.17, 15) is 4.79 Å². The first-order valence-electron chi connectivity index (χ1n) is 9.34. The third-order valence-corrected chi connectivity index (χ3v) is 4.98. The van der Waals surface area contributed by atoms with Crippen LogP contribution in [0.15, 0.2) is 60.9 Å². The van der Waals surface area contributed by atoms with Crippen LogP contribution in [-0.4, -0.2) is 51.8 Å². The number of rotatable bonds is 6. The number of nitrogens with zero attached hydrogens (tertiary/aromatic N) is 4. The topological polar surface area (TPSA) is 72.3 Å². The zero-order valence-electron chi connectivity index (χ0n) is 15.8. The molecule has 1 saturated heterocycles. The van der Waals surface area contributed by atoms with Gasteiger partial charge in [-0.1, -0.05) is 42.5 Å². The molecule has 0 spiro atoms. The van der Waals surface area contributed by atoms with Crippen molar-refractivity contribution in [3.05, 3.63) is 72.3 Å². The highest BCUT2D eigenvalue weighted by Gasteiger charge is 2.31. The van der Waals surface area contributed by atoms with E-state index in [1.54, 1.807) is 11.8 Å². The summed E-state index contributed by atoms with van der Waals surface area (Å²) in [6, 6.07) is 17.6. The molecule has 28 heavy (non-hydrogen) atoms. The molecule has 0 bridgehead atoms. The van der Waals surface area contributed by atoms with Gasteiger partial charge in [-0.3, -0.25) is 9.69 Å². The average Bonchev–Trinajstić information content (AvgIpc) is 3.19. The summed E-state index contributed by atoms with van der Waals surface area (Å²) in [7, 11) is 1.63. The first kappa shape index (κ1) is 18.2. The monoisotopic (exact) mass is 377 g/mol. The Balaban J connectivity index is 1.60. The normalized spacial score (nSPS) is 17.3. The van der Waals surface area contributed by atoms with Gasteiger partial charge in [0.05, 0.1) is 13.2 Å². The Morgan fingerprint density at radius 2 is 1.93 bits per heavy atom. The Labute approximate surface area is 164 Å². The van der Waals surface area contributed by atoms with E-state index in [1.807, 2.05) is 42.5 Å². The van der Waals surface area contributed by atoms with Crippen molar-refractivity contribution < 1.29 is 9.53 Å². The molecule has 0 unspecified atom stereocenters. The van der Waals surface area contributed by atoms with Crippen molar-refractivity contribution in [2.45, 2.75) is 19.0 Å². The van der Waals surface area contributed by atoms with Crippen LogP contribution in [0, 0.1) is 0 Å². The minimum atomic E-state index is -0.299. The number of hydrogen-bond acceptors (Lipinski definition) is 5. The zero-order valence-corrected chi connectivity index (χ0v) is 15.8. The van der Waals surface area contributed by atoms with Crippen molar-refractivity contribution in [3.63, 3.8) is 0 Å². The third-order valence-electron chi connectivity index (χ3n) is 4.98. The smallest absolute Gasteiger partial charge is 0.237 e. The van der Waals surface area contributed by atoms with Crippen molar-refractivity contribution in [1.82, 2.24) is 25.0 Å². The number of hydrogen-bond donors (Lipinski definition) is 1. The Kier molecular flexibility index (Phi) is 5.34. The molecule has 4 rings (SSSR count). The molecule has 0 saturated carbocycles. The number of methoxy groups -OCH3 is 1. The molecular weight excluding hydrogens is 354 g/mol. The predicted molar refractivity (Wildman–Crippen MR) is 105 cm³/mol. The van der Waals surface area contributed by atoms with E-state index in [1.165, 1.54) is 11.9 Å². The number of para-hydroxylation sites is 2. The molecule has 1 N–H and O–H groups in total. The van der Waals surface area contributed by atoms with Crippen LogP contribution in [0.2, 0.25) is 0 Å². The number of carbonyl (C=O) groups excluding carboxylic acids is 1. The molecule has 2 heterocycles. The molecule has 144 valence electrons. The molecule has 7 nitrogen and oxygen atoms in total. The first-order valence-corrected chi connectivity index (χ1v) is 9.34. The lowest BCUT2D eigenvalue weighted by molar-refractivity contribution is -0.129. The number of piperazine rings is 1. The molecule has 1 atom stereocenters. The maximum atomic E-state index is 12.7. The third kappa shape index (κ3) is 3.75. The number of benzene rings is 2. The molecule has 7 heteroatoms. The lowest BCUT2D eigenvalue weighted by atomic mass is 10.1. The predicted octanol–water partition coefficient (Wildman–Crippen LogP) is 1.82. The summed E-state index contributed by atoms with van der Waals surface area (Å²) < 4.78 is 7.21. The minimum absolute atomic E-state index is 0.0248. The van der Waals surface area contributed by atoms with Crippen LogP contribution in [0.5, 0.6) is 5.75 Å². The molecule has 1 aliphatic rings. The summed E-state index contributed by atoms with van der Waals surface area (Å²) in [5.74, 6) is 1.46. The maximum Gasteiger partial charge on any atom is 0.237 e. The standard InChI is InChI=1S/C21H23N5O2/c1-28-19-10-6-5-9-17(19)26-20(23-15-24-26)13-18-21(27)22-11-12-25(18)14-16-7-3-2-4-8-16/h2-10,15,18H,11-14H2,1H3,(H,22,27)/t18-/m0/s1. The van der Waals surface area contributed by atoms with Crippen molar-refractivity contribution in [2.24, 2.45) is 0 Å². The molecule has 0 radical (unpaired) electrons. The van der Waals surface area contributed by atoms with E-state index in [4.69, 9.17) is 4.74 Å². The van der Waals surface area contributed by atoms with Crippen LogP contribution in [-0.2, 0) is 17.8 Å². The Bertz CT molecular complexity index is 941. The number of amides is 1. The second-order valence-corrected chi connectivity index (χ2v) is 6.73. The number of carbonyl (C=O) groups is 1. The maximum absolute atomic E-state index is 12.7. The highest BCUT2D eigenvalue weighted by molar-refractivity contribution is 5.82. The lowest BCUT2D eigenvalue weighted by Crippen LogP contribution is -2.55. The Morgan fingerprint density at radius 1 is 1.14 bits per heavy atom. The molecule has 1 amide bonds. The van der Waals surface area contributed by atoms with Gasteiger partial charge in [-0.05, 0) is 17.7 Å². The van der Waals surface area contributed by atoms with Crippen LogP contribution in [0.3, 0.4) is 0 Å². The van der Waals surface area contributed by atoms with Crippen molar-refractivity contribution in [2.75, 3.05) is 20.2 Å². The van der Waals surface area contributed by atoms with Gasteiger partial charge in [0, 0.05) is 26.1 Å². The van der Waals surface area contributed by atoms with Crippen LogP contribution in [0.25, 0.3) is 5.69 Å². The quantitative estimate of drug-likeness (QED) is 0.709. The van der Waals surface area contributed by atoms with Gasteiger partial charge < -0.3 is 10.1 Å². The second-order valence-electron chi connectivity index (χ2n) is 6.73. The highest BCUT2D eigenvalue weighted by atomic mass is 16.5. The fourth-order valence-electron chi connectivity index (χ4n) is 3.57. The summed E-state index contributed by atoms with van der Waals surface area (Å²) in [4.78, 5) is 19.3. The fraction of sp³-hybridized carbons (Fsp3) is 0.286. The summed E-state index contributed by atoms with van der Waals surface area (Å²) >= 11 is 0. The van der Waals surface area contributed by atoms with Gasteiger partial charge in [-0.25, -0.2) is 9.67 Å². The van der Waals surface area contributed by atoms with Gasteiger partial charge >= 0.3 is 0 Å². The van der Waals surface area contributed by atoms with Crippen LogP contribution < -0.4 is 10.1 Å². The SMILES string of the molecule is COc1ccccc1-n1ncnc1C[C@H]1C(=O)NCCN1Cc1ccccc1. The van der Waals surface area contributed by atoms with Gasteiger partial charge in [-0.2, -0.15) is 5.10 Å². The van der Waals surface area contributed by atoms with E-state index in [0.717, 1.165) is 24.6 Å². The summed E-state index contributed by atoms with van der Waals surface area (Å²) in [6.07, 6.45) is 1.99. The van der Waals surface area contributed by atoms with Crippen molar-refractivity contribution in [3.8, 4) is 11.4 Å². The number of aromatic nitrogens is 3. The Morgan fingerprint density at radius 3 is 2.75 bits per heavy atom. The summed E-state index contributed by atoms with van der Waals surface area (Å²) in [5, 5.41) is 7.35. The van der Waals surface area contributed by atoms with Gasteiger partial charge in [0.1, 0.15) is 23.6 Å². The molecular formula is C21H23N5O2. The zero-order chi connectivity index (χ0) is 19.3. The van der Waals surface area contributed by atoms with E-state index >= 15 is 0 Å². The van der Waals surface area contributed by atoms with Crippen LogP contribution in [0.4, 0.5) is 0 Å². The van der Waals surface area contributed by atoms with E-state index in [0.29, 0.717) is 18.7 Å². The van der Waals surface area contributed by atoms with Gasteiger partial charge in [-0.15, -0.1) is 0 Å². The first-order chi connectivity index (χ1) is 13.8. The fourth-order valence-corrected chi connectivity index (χ4v) is 3.57. The van der Waals surface area contributed by atoms with E-state index in [2.05, 4.69) is 32.4 Å². The van der Waals surface area contributed by atoms with Crippen molar-refractivity contribution >= 4 is 5.91 Å². The van der Waals surface area contributed by atoms with Crippen molar-refractivity contribution in [1.29, 1.82) is 0 Å². The largest absolute Gasteiger partial charge is 0.494 e. The van der Waals surface area contributed by atoms with E-state index in [-0.39, 0.29) is 11.9 Å². The minimum Gasteiger partial charge on any atom is -0.494 e. The van der Waals surface area contributed by atoms with Crippen LogP contribution >= 0.6 is 0 Å². The molecule has 1 aliphatic heterocycles. The lowest BCUT2D eigenvalue weighted by Gasteiger charge is -2.34. The average molecular weight is 377 g/mol. The molecule has 1 aromatic heterocycles. The molecule has 1 fully saturated rings. The second kappa shape index (κ2) is 8.22. The highest BCUT2D eigenvalue weighted by Crippen LogP contribution is 2.23. The molecule has 3 aromatic rings. The van der Waals surface area contributed by atoms with E-state index < -0.39 is 0 Å². The van der Waals surface area contributed by atoms with Gasteiger partial charge in [0.15, 0.2) is 0 Å². The number of ether oxygens (including phenoxy) is 1. The summed E-state index contributed by atoms with van der Waals surface area (Å²) in [5.41, 5.74) is 2.00. The molecule has 2 aromatic carbocycles. The summed E-state index contributed by atoms with van der Waals surface area (Å²) in [6.45, 7) is 2.18. The van der Waals surface area contributed by atoms with Gasteiger partial charge in [0.2, 0.25) is 5.91 Å². The molecule has 0 aliphatic carbocycles.